The minimum atomic E-state index is -0.476. The Balaban J connectivity index is 1.94. The summed E-state index contributed by atoms with van der Waals surface area (Å²) in [5.41, 5.74) is 1.08. The number of carbonyl (C=O) groups is 2. The molecule has 0 aliphatic carbocycles. The van der Waals surface area contributed by atoms with Gasteiger partial charge in [0.25, 0.3) is 0 Å². The van der Waals surface area contributed by atoms with Gasteiger partial charge in [0.1, 0.15) is 5.75 Å². The standard InChI is InChI=1S/C17H26N4O3/c1-4-24-15-8-6-5-7-14(15)21-11-9-20(10-12-21)13(2)16(22)19-17(23)18-3/h5-8,13H,4,9-12H2,1-3H3,(H2,18,19,22,23)/t13-/m0/s1. The number of anilines is 1. The molecule has 1 aliphatic heterocycles. The Bertz CT molecular complexity index is 571. The van der Waals surface area contributed by atoms with Crippen LogP contribution in [-0.2, 0) is 4.79 Å². The average Bonchev–Trinajstić information content (AvgIpc) is 2.62. The van der Waals surface area contributed by atoms with E-state index in [1.54, 1.807) is 0 Å². The molecule has 1 aliphatic rings. The van der Waals surface area contributed by atoms with Gasteiger partial charge in [-0.3, -0.25) is 15.0 Å². The number of amides is 3. The maximum absolute atomic E-state index is 12.1. The predicted molar refractivity (Wildman–Crippen MR) is 93.5 cm³/mol. The van der Waals surface area contributed by atoms with Gasteiger partial charge in [-0.15, -0.1) is 0 Å². The summed E-state index contributed by atoms with van der Waals surface area (Å²) < 4.78 is 5.70. The molecule has 1 saturated heterocycles. The number of piperazine rings is 1. The number of urea groups is 1. The van der Waals surface area contributed by atoms with E-state index in [2.05, 4.69) is 26.5 Å². The van der Waals surface area contributed by atoms with E-state index >= 15 is 0 Å². The van der Waals surface area contributed by atoms with E-state index in [1.165, 1.54) is 7.05 Å². The SMILES string of the molecule is CCOc1ccccc1N1CCN([C@@H](C)C(=O)NC(=O)NC)CC1. The Morgan fingerprint density at radius 2 is 1.88 bits per heavy atom. The molecule has 1 heterocycles. The molecule has 0 spiro atoms. The van der Waals surface area contributed by atoms with Crippen LogP contribution in [0, 0.1) is 0 Å². The fourth-order valence-electron chi connectivity index (χ4n) is 2.79. The van der Waals surface area contributed by atoms with Gasteiger partial charge in [-0.05, 0) is 26.0 Å². The van der Waals surface area contributed by atoms with E-state index in [4.69, 9.17) is 4.74 Å². The van der Waals surface area contributed by atoms with Crippen molar-refractivity contribution in [2.75, 3.05) is 44.7 Å². The van der Waals surface area contributed by atoms with Crippen molar-refractivity contribution < 1.29 is 14.3 Å². The molecule has 0 unspecified atom stereocenters. The summed E-state index contributed by atoms with van der Waals surface area (Å²) in [6, 6.07) is 7.19. The lowest BCUT2D eigenvalue weighted by Gasteiger charge is -2.38. The first-order valence-electron chi connectivity index (χ1n) is 8.30. The van der Waals surface area contributed by atoms with Crippen LogP contribution in [0.5, 0.6) is 5.75 Å². The Morgan fingerprint density at radius 3 is 2.50 bits per heavy atom. The number of nitrogens with one attached hydrogen (secondary N) is 2. The van der Waals surface area contributed by atoms with Gasteiger partial charge in [-0.2, -0.15) is 0 Å². The molecule has 132 valence electrons. The molecular formula is C17H26N4O3. The third-order valence-electron chi connectivity index (χ3n) is 4.21. The van der Waals surface area contributed by atoms with Gasteiger partial charge in [0.2, 0.25) is 5.91 Å². The van der Waals surface area contributed by atoms with Gasteiger partial charge in [0.05, 0.1) is 18.3 Å². The van der Waals surface area contributed by atoms with Crippen molar-refractivity contribution >= 4 is 17.6 Å². The normalized spacial score (nSPS) is 16.4. The van der Waals surface area contributed by atoms with Crippen LogP contribution in [0.2, 0.25) is 0 Å². The largest absolute Gasteiger partial charge is 0.492 e. The summed E-state index contributed by atoms with van der Waals surface area (Å²) in [6.45, 7) is 7.55. The second-order valence-corrected chi connectivity index (χ2v) is 5.67. The quantitative estimate of drug-likeness (QED) is 0.842. The van der Waals surface area contributed by atoms with E-state index in [0.29, 0.717) is 6.61 Å². The van der Waals surface area contributed by atoms with Gasteiger partial charge < -0.3 is 15.0 Å². The van der Waals surface area contributed by atoms with Crippen molar-refractivity contribution in [3.05, 3.63) is 24.3 Å². The highest BCUT2D eigenvalue weighted by molar-refractivity contribution is 5.96. The third kappa shape index (κ3) is 4.38. The smallest absolute Gasteiger partial charge is 0.321 e. The van der Waals surface area contributed by atoms with E-state index < -0.39 is 6.03 Å². The fraction of sp³-hybridized carbons (Fsp3) is 0.529. The Morgan fingerprint density at radius 1 is 1.21 bits per heavy atom. The molecule has 24 heavy (non-hydrogen) atoms. The molecule has 7 heteroatoms. The van der Waals surface area contributed by atoms with Gasteiger partial charge in [-0.25, -0.2) is 4.79 Å². The zero-order valence-corrected chi connectivity index (χ0v) is 14.5. The molecule has 0 aromatic heterocycles. The minimum absolute atomic E-state index is 0.280. The average molecular weight is 334 g/mol. The van der Waals surface area contributed by atoms with Crippen molar-refractivity contribution in [1.82, 2.24) is 15.5 Å². The number of benzene rings is 1. The van der Waals surface area contributed by atoms with E-state index in [-0.39, 0.29) is 11.9 Å². The van der Waals surface area contributed by atoms with E-state index in [1.807, 2.05) is 32.0 Å². The maximum Gasteiger partial charge on any atom is 0.321 e. The van der Waals surface area contributed by atoms with Crippen LogP contribution in [0.1, 0.15) is 13.8 Å². The monoisotopic (exact) mass is 334 g/mol. The van der Waals surface area contributed by atoms with Crippen LogP contribution >= 0.6 is 0 Å². The lowest BCUT2D eigenvalue weighted by Crippen LogP contribution is -2.55. The number of imide groups is 1. The number of rotatable bonds is 5. The van der Waals surface area contributed by atoms with Gasteiger partial charge in [-0.1, -0.05) is 12.1 Å². The minimum Gasteiger partial charge on any atom is -0.492 e. The van der Waals surface area contributed by atoms with Crippen molar-refractivity contribution in [2.45, 2.75) is 19.9 Å². The first-order chi connectivity index (χ1) is 11.6. The predicted octanol–water partition coefficient (Wildman–Crippen LogP) is 1.05. The van der Waals surface area contributed by atoms with Crippen LogP contribution in [0.4, 0.5) is 10.5 Å². The summed E-state index contributed by atoms with van der Waals surface area (Å²) in [5, 5.41) is 4.72. The lowest BCUT2D eigenvalue weighted by molar-refractivity contribution is -0.124. The molecule has 7 nitrogen and oxygen atoms in total. The zero-order valence-electron chi connectivity index (χ0n) is 14.5. The first-order valence-corrected chi connectivity index (χ1v) is 8.30. The summed E-state index contributed by atoms with van der Waals surface area (Å²) in [7, 11) is 1.49. The molecule has 0 radical (unpaired) electrons. The highest BCUT2D eigenvalue weighted by atomic mass is 16.5. The third-order valence-corrected chi connectivity index (χ3v) is 4.21. The van der Waals surface area contributed by atoms with Crippen LogP contribution in [0.15, 0.2) is 24.3 Å². The molecule has 1 atom stereocenters. The second-order valence-electron chi connectivity index (χ2n) is 5.67. The molecule has 3 amide bonds. The molecule has 0 saturated carbocycles. The summed E-state index contributed by atoms with van der Waals surface area (Å²) in [5.74, 6) is 0.608. The van der Waals surface area contributed by atoms with Crippen molar-refractivity contribution in [3.8, 4) is 5.75 Å². The van der Waals surface area contributed by atoms with Crippen LogP contribution in [-0.4, -0.2) is 62.7 Å². The highest BCUT2D eigenvalue weighted by Gasteiger charge is 2.27. The second kappa shape index (κ2) is 8.54. The topological polar surface area (TPSA) is 73.9 Å². The van der Waals surface area contributed by atoms with Crippen LogP contribution in [0.25, 0.3) is 0 Å². The van der Waals surface area contributed by atoms with Gasteiger partial charge in [0.15, 0.2) is 0 Å². The molecule has 1 fully saturated rings. The van der Waals surface area contributed by atoms with Crippen molar-refractivity contribution in [2.24, 2.45) is 0 Å². The molecule has 2 rings (SSSR count). The number of nitrogens with zero attached hydrogens (tertiary/aromatic N) is 2. The number of para-hydroxylation sites is 2. The van der Waals surface area contributed by atoms with Gasteiger partial charge in [0, 0.05) is 33.2 Å². The Hall–Kier alpha value is -2.28. The molecule has 1 aromatic rings. The van der Waals surface area contributed by atoms with Gasteiger partial charge >= 0.3 is 6.03 Å². The number of hydrogen-bond donors (Lipinski definition) is 2. The molecular weight excluding hydrogens is 308 g/mol. The van der Waals surface area contributed by atoms with Crippen LogP contribution < -0.4 is 20.3 Å². The number of carbonyl (C=O) groups excluding carboxylic acids is 2. The van der Waals surface area contributed by atoms with Crippen molar-refractivity contribution in [3.63, 3.8) is 0 Å². The van der Waals surface area contributed by atoms with E-state index in [9.17, 15) is 9.59 Å². The summed E-state index contributed by atoms with van der Waals surface area (Å²) in [6.07, 6.45) is 0. The number of ether oxygens (including phenoxy) is 1. The summed E-state index contributed by atoms with van der Waals surface area (Å²) in [4.78, 5) is 27.7. The van der Waals surface area contributed by atoms with Crippen LogP contribution in [0.3, 0.4) is 0 Å². The molecule has 1 aromatic carbocycles. The number of hydrogen-bond acceptors (Lipinski definition) is 5. The highest BCUT2D eigenvalue weighted by Crippen LogP contribution is 2.29. The Labute approximate surface area is 142 Å². The molecule has 0 bridgehead atoms. The Kier molecular flexibility index (Phi) is 6.43. The maximum atomic E-state index is 12.1. The van der Waals surface area contributed by atoms with Crippen molar-refractivity contribution in [1.29, 1.82) is 0 Å². The lowest BCUT2D eigenvalue weighted by atomic mass is 10.2. The summed E-state index contributed by atoms with van der Waals surface area (Å²) >= 11 is 0. The molecule has 2 N–H and O–H groups in total. The zero-order chi connectivity index (χ0) is 17.5. The first kappa shape index (κ1) is 18.1. The fourth-order valence-corrected chi connectivity index (χ4v) is 2.79. The van der Waals surface area contributed by atoms with E-state index in [0.717, 1.165) is 37.6 Å².